The molecule has 82 valence electrons. The molecule has 2 unspecified atom stereocenters. The largest absolute Gasteiger partial charge is 0.481 e. The zero-order valence-corrected chi connectivity index (χ0v) is 9.12. The average Bonchev–Trinajstić information content (AvgIpc) is 2.07. The molecule has 1 aliphatic rings. The van der Waals surface area contributed by atoms with Crippen LogP contribution in [0.3, 0.4) is 0 Å². The number of carboxylic acids is 1. The molecule has 1 fully saturated rings. The minimum absolute atomic E-state index is 0.0765. The van der Waals surface area contributed by atoms with Gasteiger partial charge in [0.1, 0.15) is 0 Å². The highest BCUT2D eigenvalue weighted by Gasteiger charge is 2.20. The highest BCUT2D eigenvalue weighted by atomic mass is 16.4. The van der Waals surface area contributed by atoms with Gasteiger partial charge in [0, 0.05) is 6.04 Å². The molecule has 0 spiro atoms. The fourth-order valence-electron chi connectivity index (χ4n) is 1.69. The van der Waals surface area contributed by atoms with Crippen molar-refractivity contribution in [3.8, 4) is 0 Å². The van der Waals surface area contributed by atoms with Crippen molar-refractivity contribution in [1.29, 1.82) is 0 Å². The van der Waals surface area contributed by atoms with Gasteiger partial charge in [-0.05, 0) is 25.8 Å². The van der Waals surface area contributed by atoms with Crippen LogP contribution in [0.4, 0.5) is 0 Å². The molecule has 0 aromatic heterocycles. The monoisotopic (exact) mass is 199 g/mol. The lowest BCUT2D eigenvalue weighted by molar-refractivity contribution is -0.141. The second-order valence-electron chi connectivity index (χ2n) is 4.46. The molecule has 1 saturated carbocycles. The molecule has 0 amide bonds. The summed E-state index contributed by atoms with van der Waals surface area (Å²) in [6.07, 6.45) is 5.32. The Morgan fingerprint density at radius 1 is 1.50 bits per heavy atom. The third kappa shape index (κ3) is 3.29. The Kier molecular flexibility index (Phi) is 4.39. The van der Waals surface area contributed by atoms with Crippen molar-refractivity contribution in [3.63, 3.8) is 0 Å². The Bertz CT molecular complexity index is 190. The second-order valence-corrected chi connectivity index (χ2v) is 4.46. The van der Waals surface area contributed by atoms with Crippen molar-refractivity contribution in [1.82, 2.24) is 5.32 Å². The first-order chi connectivity index (χ1) is 6.61. The molecule has 0 saturated heterocycles. The van der Waals surface area contributed by atoms with Crippen molar-refractivity contribution in [2.24, 2.45) is 11.8 Å². The quantitative estimate of drug-likeness (QED) is 0.686. The van der Waals surface area contributed by atoms with Crippen molar-refractivity contribution >= 4 is 5.97 Å². The van der Waals surface area contributed by atoms with Crippen molar-refractivity contribution in [2.75, 3.05) is 6.54 Å². The first-order valence-electron chi connectivity index (χ1n) is 5.57. The summed E-state index contributed by atoms with van der Waals surface area (Å²) in [7, 11) is 0. The number of hydrogen-bond donors (Lipinski definition) is 2. The number of nitrogens with one attached hydrogen (secondary N) is 1. The molecular formula is C11H21NO2. The van der Waals surface area contributed by atoms with Gasteiger partial charge in [0.05, 0.1) is 5.92 Å². The number of aliphatic carboxylic acids is 1. The van der Waals surface area contributed by atoms with Crippen LogP contribution in [0.25, 0.3) is 0 Å². The van der Waals surface area contributed by atoms with E-state index in [2.05, 4.69) is 5.32 Å². The van der Waals surface area contributed by atoms with E-state index in [1.807, 2.05) is 6.92 Å². The first kappa shape index (κ1) is 11.5. The van der Waals surface area contributed by atoms with E-state index in [-0.39, 0.29) is 12.0 Å². The van der Waals surface area contributed by atoms with Crippen LogP contribution in [0.1, 0.15) is 39.5 Å². The maximum absolute atomic E-state index is 10.7. The van der Waals surface area contributed by atoms with Gasteiger partial charge in [-0.2, -0.15) is 0 Å². The highest BCUT2D eigenvalue weighted by molar-refractivity contribution is 5.70. The number of hydrogen-bond acceptors (Lipinski definition) is 2. The van der Waals surface area contributed by atoms with Crippen LogP contribution in [0.5, 0.6) is 0 Å². The molecule has 2 atom stereocenters. The van der Waals surface area contributed by atoms with E-state index in [9.17, 15) is 4.79 Å². The van der Waals surface area contributed by atoms with E-state index in [4.69, 9.17) is 5.11 Å². The molecule has 3 heteroatoms. The summed E-state index contributed by atoms with van der Waals surface area (Å²) in [5.74, 6) is -0.111. The lowest BCUT2D eigenvalue weighted by Gasteiger charge is -2.26. The Morgan fingerprint density at radius 2 is 2.14 bits per heavy atom. The summed E-state index contributed by atoms with van der Waals surface area (Å²) in [5, 5.41) is 12.1. The van der Waals surface area contributed by atoms with Crippen LogP contribution in [-0.4, -0.2) is 23.7 Å². The molecule has 1 rings (SSSR count). The lowest BCUT2D eigenvalue weighted by Crippen LogP contribution is -2.37. The molecule has 0 aliphatic heterocycles. The molecular weight excluding hydrogens is 178 g/mol. The summed E-state index contributed by atoms with van der Waals surface area (Å²) < 4.78 is 0. The molecule has 1 aliphatic carbocycles. The van der Waals surface area contributed by atoms with Gasteiger partial charge < -0.3 is 10.4 Å². The van der Waals surface area contributed by atoms with Gasteiger partial charge in [-0.3, -0.25) is 4.79 Å². The Morgan fingerprint density at radius 3 is 2.57 bits per heavy atom. The molecule has 0 radical (unpaired) electrons. The molecule has 0 aromatic carbocycles. The zero-order chi connectivity index (χ0) is 10.6. The maximum Gasteiger partial charge on any atom is 0.307 e. The van der Waals surface area contributed by atoms with Gasteiger partial charge in [-0.1, -0.05) is 26.2 Å². The summed E-state index contributed by atoms with van der Waals surface area (Å²) in [4.78, 5) is 10.7. The predicted molar refractivity (Wildman–Crippen MR) is 56.2 cm³/mol. The number of rotatable bonds is 6. The minimum atomic E-state index is -0.714. The topological polar surface area (TPSA) is 49.3 Å². The minimum Gasteiger partial charge on any atom is -0.481 e. The predicted octanol–water partition coefficient (Wildman–Crippen LogP) is 1.88. The summed E-state index contributed by atoms with van der Waals surface area (Å²) in [6, 6.07) is 0.0765. The van der Waals surface area contributed by atoms with E-state index in [0.29, 0.717) is 0 Å². The normalized spacial score (nSPS) is 21.3. The molecule has 0 aromatic rings. The van der Waals surface area contributed by atoms with Gasteiger partial charge >= 0.3 is 5.97 Å². The Labute approximate surface area is 85.9 Å². The SMILES string of the molecule is CC(NCCC1CCC1)C(C)C(=O)O. The lowest BCUT2D eigenvalue weighted by atomic mass is 9.83. The fourth-order valence-corrected chi connectivity index (χ4v) is 1.69. The summed E-state index contributed by atoms with van der Waals surface area (Å²) in [6.45, 7) is 4.66. The van der Waals surface area contributed by atoms with Crippen molar-refractivity contribution in [2.45, 2.75) is 45.6 Å². The smallest absolute Gasteiger partial charge is 0.307 e. The Hall–Kier alpha value is -0.570. The average molecular weight is 199 g/mol. The van der Waals surface area contributed by atoms with Gasteiger partial charge in [0.2, 0.25) is 0 Å². The molecule has 2 N–H and O–H groups in total. The first-order valence-corrected chi connectivity index (χ1v) is 5.57. The van der Waals surface area contributed by atoms with Crippen LogP contribution in [0, 0.1) is 11.8 Å². The van der Waals surface area contributed by atoms with Crippen molar-refractivity contribution in [3.05, 3.63) is 0 Å². The molecule has 0 bridgehead atoms. The van der Waals surface area contributed by atoms with Crippen LogP contribution in [0.15, 0.2) is 0 Å². The van der Waals surface area contributed by atoms with Gasteiger partial charge in [0.25, 0.3) is 0 Å². The molecule has 3 nitrogen and oxygen atoms in total. The van der Waals surface area contributed by atoms with Crippen LogP contribution < -0.4 is 5.32 Å². The van der Waals surface area contributed by atoms with E-state index in [0.717, 1.165) is 12.5 Å². The summed E-state index contributed by atoms with van der Waals surface area (Å²) in [5.41, 5.74) is 0. The number of carboxylic acid groups (broad SMARTS) is 1. The van der Waals surface area contributed by atoms with Crippen molar-refractivity contribution < 1.29 is 9.90 Å². The van der Waals surface area contributed by atoms with Crippen LogP contribution in [-0.2, 0) is 4.79 Å². The summed E-state index contributed by atoms with van der Waals surface area (Å²) >= 11 is 0. The third-order valence-electron chi connectivity index (χ3n) is 3.38. The van der Waals surface area contributed by atoms with Crippen LogP contribution >= 0.6 is 0 Å². The maximum atomic E-state index is 10.7. The van der Waals surface area contributed by atoms with E-state index >= 15 is 0 Å². The van der Waals surface area contributed by atoms with E-state index in [1.165, 1.54) is 25.7 Å². The zero-order valence-electron chi connectivity index (χ0n) is 9.12. The highest BCUT2D eigenvalue weighted by Crippen LogP contribution is 2.28. The number of carbonyl (C=O) groups is 1. The van der Waals surface area contributed by atoms with E-state index < -0.39 is 5.97 Å². The van der Waals surface area contributed by atoms with Gasteiger partial charge in [-0.25, -0.2) is 0 Å². The van der Waals surface area contributed by atoms with Gasteiger partial charge in [-0.15, -0.1) is 0 Å². The standard InChI is InChI=1S/C11H21NO2/c1-8(11(13)14)9(2)12-7-6-10-4-3-5-10/h8-10,12H,3-7H2,1-2H3,(H,13,14). The Balaban J connectivity index is 2.07. The third-order valence-corrected chi connectivity index (χ3v) is 3.38. The fraction of sp³-hybridized carbons (Fsp3) is 0.909. The van der Waals surface area contributed by atoms with Crippen LogP contribution in [0.2, 0.25) is 0 Å². The van der Waals surface area contributed by atoms with Gasteiger partial charge in [0.15, 0.2) is 0 Å². The molecule has 14 heavy (non-hydrogen) atoms. The second kappa shape index (κ2) is 5.35. The molecule has 0 heterocycles. The van der Waals surface area contributed by atoms with E-state index in [1.54, 1.807) is 6.92 Å².